The Labute approximate surface area is 124 Å². The van der Waals surface area contributed by atoms with Gasteiger partial charge < -0.3 is 4.90 Å². The maximum atomic E-state index is 12.0. The zero-order valence-corrected chi connectivity index (χ0v) is 12.2. The molecular weight excluding hydrogens is 272 g/mol. The SMILES string of the molecule is CN(CCC(=O)c1ccc(Cl)cc1)Cc1ccncc1. The van der Waals surface area contributed by atoms with Crippen LogP contribution in [0.3, 0.4) is 0 Å². The number of pyridine rings is 1. The number of rotatable bonds is 6. The molecule has 0 radical (unpaired) electrons. The third-order valence-electron chi connectivity index (χ3n) is 3.09. The van der Waals surface area contributed by atoms with Crippen LogP contribution >= 0.6 is 11.6 Å². The molecule has 20 heavy (non-hydrogen) atoms. The fraction of sp³-hybridized carbons (Fsp3) is 0.250. The first-order valence-electron chi connectivity index (χ1n) is 6.51. The molecule has 0 atom stereocenters. The van der Waals surface area contributed by atoms with E-state index in [1.165, 1.54) is 5.56 Å². The van der Waals surface area contributed by atoms with Crippen LogP contribution in [0.15, 0.2) is 48.8 Å². The number of hydrogen-bond acceptors (Lipinski definition) is 3. The van der Waals surface area contributed by atoms with Crippen molar-refractivity contribution in [2.24, 2.45) is 0 Å². The molecule has 0 saturated carbocycles. The molecule has 0 aliphatic rings. The van der Waals surface area contributed by atoms with Gasteiger partial charge in [-0.1, -0.05) is 11.6 Å². The van der Waals surface area contributed by atoms with E-state index in [0.717, 1.165) is 13.1 Å². The molecule has 0 fully saturated rings. The molecule has 0 spiro atoms. The van der Waals surface area contributed by atoms with Crippen LogP contribution in [-0.2, 0) is 6.54 Å². The van der Waals surface area contributed by atoms with Crippen molar-refractivity contribution < 1.29 is 4.79 Å². The van der Waals surface area contributed by atoms with Crippen molar-refractivity contribution >= 4 is 17.4 Å². The lowest BCUT2D eigenvalue weighted by molar-refractivity contribution is 0.0968. The summed E-state index contributed by atoms with van der Waals surface area (Å²) in [5.74, 6) is 0.142. The topological polar surface area (TPSA) is 33.2 Å². The molecule has 1 aromatic carbocycles. The van der Waals surface area contributed by atoms with Gasteiger partial charge in [-0.05, 0) is 49.0 Å². The Bertz CT molecular complexity index is 554. The van der Waals surface area contributed by atoms with Crippen molar-refractivity contribution in [3.05, 3.63) is 64.9 Å². The first kappa shape index (κ1) is 14.7. The van der Waals surface area contributed by atoms with E-state index in [0.29, 0.717) is 17.0 Å². The van der Waals surface area contributed by atoms with E-state index in [2.05, 4.69) is 9.88 Å². The van der Waals surface area contributed by atoms with Crippen molar-refractivity contribution in [1.29, 1.82) is 0 Å². The van der Waals surface area contributed by atoms with Gasteiger partial charge in [0.25, 0.3) is 0 Å². The highest BCUT2D eigenvalue weighted by molar-refractivity contribution is 6.30. The van der Waals surface area contributed by atoms with Gasteiger partial charge in [0.1, 0.15) is 0 Å². The van der Waals surface area contributed by atoms with Crippen LogP contribution in [0.4, 0.5) is 0 Å². The van der Waals surface area contributed by atoms with E-state index < -0.39 is 0 Å². The first-order valence-corrected chi connectivity index (χ1v) is 6.89. The van der Waals surface area contributed by atoms with Crippen LogP contribution < -0.4 is 0 Å². The lowest BCUT2D eigenvalue weighted by atomic mass is 10.1. The molecule has 4 heteroatoms. The lowest BCUT2D eigenvalue weighted by Crippen LogP contribution is -2.21. The van der Waals surface area contributed by atoms with Crippen LogP contribution in [0.2, 0.25) is 5.02 Å². The molecule has 1 heterocycles. The first-order chi connectivity index (χ1) is 9.65. The van der Waals surface area contributed by atoms with E-state index >= 15 is 0 Å². The number of halogens is 1. The van der Waals surface area contributed by atoms with Crippen LogP contribution in [0, 0.1) is 0 Å². The van der Waals surface area contributed by atoms with E-state index in [4.69, 9.17) is 11.6 Å². The monoisotopic (exact) mass is 288 g/mol. The van der Waals surface area contributed by atoms with Gasteiger partial charge in [0.2, 0.25) is 0 Å². The summed E-state index contributed by atoms with van der Waals surface area (Å²) in [4.78, 5) is 18.2. The predicted molar refractivity (Wildman–Crippen MR) is 81.0 cm³/mol. The molecule has 3 nitrogen and oxygen atoms in total. The summed E-state index contributed by atoms with van der Waals surface area (Å²) in [5.41, 5.74) is 1.91. The van der Waals surface area contributed by atoms with E-state index in [-0.39, 0.29) is 5.78 Å². The van der Waals surface area contributed by atoms with Crippen molar-refractivity contribution in [2.75, 3.05) is 13.6 Å². The van der Waals surface area contributed by atoms with Crippen molar-refractivity contribution in [1.82, 2.24) is 9.88 Å². The van der Waals surface area contributed by atoms with Crippen LogP contribution in [-0.4, -0.2) is 29.3 Å². The third kappa shape index (κ3) is 4.44. The molecule has 0 unspecified atom stereocenters. The van der Waals surface area contributed by atoms with Crippen molar-refractivity contribution in [3.8, 4) is 0 Å². The fourth-order valence-electron chi connectivity index (χ4n) is 1.95. The molecule has 0 amide bonds. The molecule has 0 saturated heterocycles. The van der Waals surface area contributed by atoms with E-state index in [9.17, 15) is 4.79 Å². The molecule has 0 aliphatic heterocycles. The normalized spacial score (nSPS) is 10.8. The highest BCUT2D eigenvalue weighted by atomic mass is 35.5. The van der Waals surface area contributed by atoms with Crippen molar-refractivity contribution in [2.45, 2.75) is 13.0 Å². The molecule has 0 bridgehead atoms. The highest BCUT2D eigenvalue weighted by Gasteiger charge is 2.08. The van der Waals surface area contributed by atoms with Gasteiger partial charge in [-0.15, -0.1) is 0 Å². The summed E-state index contributed by atoms with van der Waals surface area (Å²) in [7, 11) is 2.01. The summed E-state index contributed by atoms with van der Waals surface area (Å²) < 4.78 is 0. The summed E-state index contributed by atoms with van der Waals surface area (Å²) in [5, 5.41) is 0.649. The molecule has 0 N–H and O–H groups in total. The van der Waals surface area contributed by atoms with Gasteiger partial charge in [-0.25, -0.2) is 0 Å². The Morgan fingerprint density at radius 1 is 1.15 bits per heavy atom. The number of nitrogens with zero attached hydrogens (tertiary/aromatic N) is 2. The Morgan fingerprint density at radius 2 is 1.80 bits per heavy atom. The highest BCUT2D eigenvalue weighted by Crippen LogP contribution is 2.11. The number of carbonyl (C=O) groups is 1. The molecule has 2 aromatic rings. The van der Waals surface area contributed by atoms with Gasteiger partial charge in [0.05, 0.1) is 0 Å². The number of hydrogen-bond donors (Lipinski definition) is 0. The van der Waals surface area contributed by atoms with Gasteiger partial charge in [-0.3, -0.25) is 9.78 Å². The maximum Gasteiger partial charge on any atom is 0.164 e. The van der Waals surface area contributed by atoms with Gasteiger partial charge in [-0.2, -0.15) is 0 Å². The van der Waals surface area contributed by atoms with Gasteiger partial charge in [0, 0.05) is 42.5 Å². The Hall–Kier alpha value is -1.71. The average Bonchev–Trinajstić information content (AvgIpc) is 2.46. The number of Topliss-reactive ketones (excluding diaryl/α,β-unsaturated/α-hetero) is 1. The number of ketones is 1. The summed E-state index contributed by atoms with van der Waals surface area (Å²) in [6.07, 6.45) is 4.06. The maximum absolute atomic E-state index is 12.0. The summed E-state index contributed by atoms with van der Waals surface area (Å²) in [6, 6.07) is 11.0. The zero-order chi connectivity index (χ0) is 14.4. The minimum Gasteiger partial charge on any atom is -0.302 e. The van der Waals surface area contributed by atoms with Crippen LogP contribution in [0.25, 0.3) is 0 Å². The second kappa shape index (κ2) is 7.17. The minimum absolute atomic E-state index is 0.142. The number of carbonyl (C=O) groups excluding carboxylic acids is 1. The van der Waals surface area contributed by atoms with E-state index in [1.54, 1.807) is 36.7 Å². The van der Waals surface area contributed by atoms with E-state index in [1.807, 2.05) is 19.2 Å². The number of aromatic nitrogens is 1. The minimum atomic E-state index is 0.142. The molecule has 2 rings (SSSR count). The zero-order valence-electron chi connectivity index (χ0n) is 11.4. The standard InChI is InChI=1S/C16H17ClN2O/c1-19(12-13-6-9-18-10-7-13)11-8-16(20)14-2-4-15(17)5-3-14/h2-7,9-10H,8,11-12H2,1H3. The second-order valence-electron chi connectivity index (χ2n) is 4.77. The smallest absolute Gasteiger partial charge is 0.164 e. The molecule has 104 valence electrons. The van der Waals surface area contributed by atoms with Crippen LogP contribution in [0.5, 0.6) is 0 Å². The lowest BCUT2D eigenvalue weighted by Gasteiger charge is -2.16. The van der Waals surface area contributed by atoms with Crippen LogP contribution in [0.1, 0.15) is 22.3 Å². The largest absolute Gasteiger partial charge is 0.302 e. The Balaban J connectivity index is 1.82. The third-order valence-corrected chi connectivity index (χ3v) is 3.34. The number of benzene rings is 1. The fourth-order valence-corrected chi connectivity index (χ4v) is 2.08. The summed E-state index contributed by atoms with van der Waals surface area (Å²) in [6.45, 7) is 1.54. The quantitative estimate of drug-likeness (QED) is 0.764. The van der Waals surface area contributed by atoms with Gasteiger partial charge in [0.15, 0.2) is 5.78 Å². The predicted octanol–water partition coefficient (Wildman–Crippen LogP) is 3.44. The second-order valence-corrected chi connectivity index (χ2v) is 5.21. The van der Waals surface area contributed by atoms with Gasteiger partial charge >= 0.3 is 0 Å². The Kier molecular flexibility index (Phi) is 5.27. The summed E-state index contributed by atoms with van der Waals surface area (Å²) >= 11 is 5.81. The average molecular weight is 289 g/mol. The molecule has 0 aliphatic carbocycles. The van der Waals surface area contributed by atoms with Crippen molar-refractivity contribution in [3.63, 3.8) is 0 Å². The molecular formula is C16H17ClN2O. The molecule has 1 aromatic heterocycles. The Morgan fingerprint density at radius 3 is 2.45 bits per heavy atom.